The maximum absolute atomic E-state index is 5.91. The second kappa shape index (κ2) is 7.32. The number of hydrogen-bond acceptors (Lipinski definition) is 4. The lowest BCUT2D eigenvalue weighted by Gasteiger charge is -2.10. The third-order valence-corrected chi connectivity index (χ3v) is 3.76. The molecule has 5 heteroatoms. The van der Waals surface area contributed by atoms with Gasteiger partial charge >= 0.3 is 0 Å². The van der Waals surface area contributed by atoms with Crippen molar-refractivity contribution < 1.29 is 0 Å². The Bertz CT molecular complexity index is 831. The maximum Gasteiger partial charge on any atom is 0.225 e. The van der Waals surface area contributed by atoms with Crippen LogP contribution in [0.1, 0.15) is 16.8 Å². The highest BCUT2D eigenvalue weighted by molar-refractivity contribution is 6.30. The lowest BCUT2D eigenvalue weighted by molar-refractivity contribution is 1.03. The Balaban J connectivity index is 1.72. The molecule has 0 bridgehead atoms. The topological polar surface area (TPSA) is 49.8 Å². The molecule has 0 aliphatic heterocycles. The fraction of sp³-hybridized carbons (Fsp3) is 0.158. The molecule has 3 aromatic rings. The lowest BCUT2D eigenvalue weighted by Crippen LogP contribution is -2.06. The fourth-order valence-electron chi connectivity index (χ4n) is 2.37. The Morgan fingerprint density at radius 2 is 1.75 bits per heavy atom. The number of nitrogens with zero attached hydrogens (tertiary/aromatic N) is 2. The Labute approximate surface area is 146 Å². The number of anilines is 3. The van der Waals surface area contributed by atoms with E-state index >= 15 is 0 Å². The Morgan fingerprint density at radius 1 is 0.958 bits per heavy atom. The second-order valence-electron chi connectivity index (χ2n) is 5.69. The number of hydrogen-bond donors (Lipinski definition) is 2. The van der Waals surface area contributed by atoms with Crippen molar-refractivity contribution in [1.82, 2.24) is 9.97 Å². The molecule has 0 saturated carbocycles. The molecule has 1 aromatic heterocycles. The number of rotatable bonds is 5. The van der Waals surface area contributed by atoms with Crippen molar-refractivity contribution in [3.8, 4) is 0 Å². The van der Waals surface area contributed by atoms with Crippen molar-refractivity contribution in [2.75, 3.05) is 10.6 Å². The molecule has 0 spiro atoms. The number of aromatic nitrogens is 2. The van der Waals surface area contributed by atoms with Crippen molar-refractivity contribution in [1.29, 1.82) is 0 Å². The van der Waals surface area contributed by atoms with Gasteiger partial charge in [0.1, 0.15) is 5.82 Å². The van der Waals surface area contributed by atoms with Gasteiger partial charge in [-0.3, -0.25) is 0 Å². The van der Waals surface area contributed by atoms with E-state index in [-0.39, 0.29) is 0 Å². The molecular formula is C19H19ClN4. The summed E-state index contributed by atoms with van der Waals surface area (Å²) in [6.07, 6.45) is 0. The molecule has 0 atom stereocenters. The normalized spacial score (nSPS) is 10.5. The van der Waals surface area contributed by atoms with Gasteiger partial charge < -0.3 is 10.6 Å². The van der Waals surface area contributed by atoms with Gasteiger partial charge in [-0.25, -0.2) is 4.98 Å². The van der Waals surface area contributed by atoms with E-state index in [0.717, 1.165) is 27.8 Å². The molecule has 2 aromatic carbocycles. The summed E-state index contributed by atoms with van der Waals surface area (Å²) >= 11 is 5.91. The highest BCUT2D eigenvalue weighted by Crippen LogP contribution is 2.18. The maximum atomic E-state index is 5.91. The molecule has 0 fully saturated rings. The monoisotopic (exact) mass is 338 g/mol. The van der Waals surface area contributed by atoms with Crippen LogP contribution in [-0.4, -0.2) is 9.97 Å². The zero-order valence-electron chi connectivity index (χ0n) is 13.7. The van der Waals surface area contributed by atoms with Crippen LogP contribution in [0.25, 0.3) is 0 Å². The first-order valence-corrected chi connectivity index (χ1v) is 8.14. The minimum atomic E-state index is 0.597. The van der Waals surface area contributed by atoms with Gasteiger partial charge in [-0.2, -0.15) is 4.98 Å². The molecule has 0 aliphatic rings. The van der Waals surface area contributed by atoms with Crippen molar-refractivity contribution in [3.63, 3.8) is 0 Å². The van der Waals surface area contributed by atoms with Crippen LogP contribution in [0, 0.1) is 13.8 Å². The summed E-state index contributed by atoms with van der Waals surface area (Å²) in [6.45, 7) is 4.66. The van der Waals surface area contributed by atoms with Crippen LogP contribution in [0.4, 0.5) is 17.5 Å². The molecule has 0 amide bonds. The number of nitrogens with one attached hydrogen (secondary N) is 2. The first kappa shape index (κ1) is 16.3. The molecule has 0 aliphatic carbocycles. The van der Waals surface area contributed by atoms with E-state index in [1.807, 2.05) is 49.4 Å². The predicted octanol–water partition coefficient (Wildman–Crippen LogP) is 5.10. The summed E-state index contributed by atoms with van der Waals surface area (Å²) in [7, 11) is 0. The van der Waals surface area contributed by atoms with Gasteiger partial charge in [0.25, 0.3) is 0 Å². The smallest absolute Gasteiger partial charge is 0.225 e. The van der Waals surface area contributed by atoms with Gasteiger partial charge in [-0.1, -0.05) is 35.9 Å². The average molecular weight is 339 g/mol. The van der Waals surface area contributed by atoms with Crippen LogP contribution in [0.5, 0.6) is 0 Å². The summed E-state index contributed by atoms with van der Waals surface area (Å²) in [5.41, 5.74) is 4.24. The third-order valence-electron chi connectivity index (χ3n) is 3.51. The number of halogens is 1. The van der Waals surface area contributed by atoms with Gasteiger partial charge in [-0.05, 0) is 49.2 Å². The fourth-order valence-corrected chi connectivity index (χ4v) is 2.49. The van der Waals surface area contributed by atoms with Crippen LogP contribution in [-0.2, 0) is 6.54 Å². The van der Waals surface area contributed by atoms with Crippen LogP contribution < -0.4 is 10.6 Å². The first-order valence-electron chi connectivity index (χ1n) is 7.76. The summed E-state index contributed by atoms with van der Waals surface area (Å²) in [4.78, 5) is 8.97. The molecule has 24 heavy (non-hydrogen) atoms. The van der Waals surface area contributed by atoms with E-state index in [0.29, 0.717) is 12.5 Å². The van der Waals surface area contributed by atoms with Crippen molar-refractivity contribution in [2.45, 2.75) is 20.4 Å². The first-order chi connectivity index (χ1) is 11.6. The molecule has 2 N–H and O–H groups in total. The standard InChI is InChI=1S/C19H19ClN4/c1-13-4-3-5-17(10-13)23-18-11-14(2)22-19(24-18)21-12-15-6-8-16(20)9-7-15/h3-11H,12H2,1-2H3,(H2,21,22,23,24). The molecule has 122 valence electrons. The second-order valence-corrected chi connectivity index (χ2v) is 6.13. The van der Waals surface area contributed by atoms with Gasteiger partial charge in [-0.15, -0.1) is 0 Å². The van der Waals surface area contributed by atoms with E-state index in [9.17, 15) is 0 Å². The predicted molar refractivity (Wildman–Crippen MR) is 100 cm³/mol. The molecule has 1 heterocycles. The molecule has 4 nitrogen and oxygen atoms in total. The molecule has 3 rings (SSSR count). The highest BCUT2D eigenvalue weighted by atomic mass is 35.5. The zero-order valence-corrected chi connectivity index (χ0v) is 14.4. The zero-order chi connectivity index (χ0) is 16.9. The van der Waals surface area contributed by atoms with E-state index in [1.165, 1.54) is 5.56 Å². The van der Waals surface area contributed by atoms with Crippen LogP contribution in [0.15, 0.2) is 54.6 Å². The third kappa shape index (κ3) is 4.46. The minimum Gasteiger partial charge on any atom is -0.350 e. The van der Waals surface area contributed by atoms with Gasteiger partial charge in [0, 0.05) is 29.0 Å². The quantitative estimate of drug-likeness (QED) is 0.679. The van der Waals surface area contributed by atoms with Crippen LogP contribution >= 0.6 is 11.6 Å². The summed E-state index contributed by atoms with van der Waals surface area (Å²) in [5, 5.41) is 7.31. The van der Waals surface area contributed by atoms with E-state index in [2.05, 4.69) is 39.7 Å². The van der Waals surface area contributed by atoms with Gasteiger partial charge in [0.05, 0.1) is 0 Å². The SMILES string of the molecule is Cc1cccc(Nc2cc(C)nc(NCc3ccc(Cl)cc3)n2)c1. The molecule has 0 radical (unpaired) electrons. The Morgan fingerprint density at radius 3 is 2.50 bits per heavy atom. The number of benzene rings is 2. The molecule has 0 saturated heterocycles. The van der Waals surface area contributed by atoms with E-state index in [1.54, 1.807) is 0 Å². The van der Waals surface area contributed by atoms with Crippen molar-refractivity contribution >= 4 is 29.1 Å². The Hall–Kier alpha value is -2.59. The minimum absolute atomic E-state index is 0.597. The summed E-state index contributed by atoms with van der Waals surface area (Å²) < 4.78 is 0. The number of aryl methyl sites for hydroxylation is 2. The Kier molecular flexibility index (Phi) is 4.96. The summed E-state index contributed by atoms with van der Waals surface area (Å²) in [5.74, 6) is 1.37. The van der Waals surface area contributed by atoms with Gasteiger partial charge in [0.2, 0.25) is 5.95 Å². The average Bonchev–Trinajstić information content (AvgIpc) is 2.54. The van der Waals surface area contributed by atoms with Crippen molar-refractivity contribution in [3.05, 3.63) is 76.4 Å². The lowest BCUT2D eigenvalue weighted by atomic mass is 10.2. The van der Waals surface area contributed by atoms with E-state index < -0.39 is 0 Å². The largest absolute Gasteiger partial charge is 0.350 e. The van der Waals surface area contributed by atoms with E-state index in [4.69, 9.17) is 11.6 Å². The van der Waals surface area contributed by atoms with Crippen LogP contribution in [0.2, 0.25) is 5.02 Å². The molecular weight excluding hydrogens is 320 g/mol. The van der Waals surface area contributed by atoms with Gasteiger partial charge in [0.15, 0.2) is 0 Å². The van der Waals surface area contributed by atoms with Crippen molar-refractivity contribution in [2.24, 2.45) is 0 Å². The van der Waals surface area contributed by atoms with Crippen LogP contribution in [0.3, 0.4) is 0 Å². The summed E-state index contributed by atoms with van der Waals surface area (Å²) in [6, 6.07) is 17.8. The molecule has 0 unspecified atom stereocenters. The highest BCUT2D eigenvalue weighted by Gasteiger charge is 2.03.